The second-order valence-electron chi connectivity index (χ2n) is 10.4. The number of carbonyl (C=O) groups is 3. The van der Waals surface area contributed by atoms with E-state index < -0.39 is 40.8 Å². The van der Waals surface area contributed by atoms with Crippen molar-refractivity contribution in [3.63, 3.8) is 0 Å². The van der Waals surface area contributed by atoms with E-state index in [2.05, 4.69) is 19.2 Å². The minimum Gasteiger partial charge on any atom is -0.478 e. The minimum atomic E-state index is -4.84. The van der Waals surface area contributed by atoms with Gasteiger partial charge < -0.3 is 15.3 Å². The molecule has 2 amide bonds. The monoisotopic (exact) mass is 538 g/mol. The number of nitrogens with one attached hydrogen (secondary N) is 1. The lowest BCUT2D eigenvalue weighted by molar-refractivity contribution is -0.138. The Morgan fingerprint density at radius 1 is 1.08 bits per heavy atom. The maximum atomic E-state index is 13.5. The molecule has 2 atom stereocenters. The molecule has 2 N–H and O–H groups in total. The summed E-state index contributed by atoms with van der Waals surface area (Å²) in [6.45, 7) is 8.44. The predicted molar refractivity (Wildman–Crippen MR) is 134 cm³/mol. The molecule has 200 valence electrons. The molecule has 0 radical (unpaired) electrons. The van der Waals surface area contributed by atoms with Gasteiger partial charge in [0.1, 0.15) is 6.04 Å². The Bertz CT molecular complexity index is 1180. The summed E-state index contributed by atoms with van der Waals surface area (Å²) in [5.74, 6) is -3.06. The van der Waals surface area contributed by atoms with E-state index in [1.807, 2.05) is 24.3 Å². The number of hydrogen-bond acceptors (Lipinski definition) is 3. The molecule has 10 heteroatoms. The van der Waals surface area contributed by atoms with Crippen molar-refractivity contribution in [3.8, 4) is 0 Å². The smallest absolute Gasteiger partial charge is 0.416 e. The Balaban J connectivity index is 1.80. The minimum absolute atomic E-state index is 0.181. The Labute approximate surface area is 218 Å². The van der Waals surface area contributed by atoms with Crippen molar-refractivity contribution in [2.45, 2.75) is 52.3 Å². The van der Waals surface area contributed by atoms with Gasteiger partial charge in [0.15, 0.2) is 0 Å². The molecule has 0 spiro atoms. The van der Waals surface area contributed by atoms with E-state index >= 15 is 0 Å². The molecule has 0 aromatic heterocycles. The van der Waals surface area contributed by atoms with Gasteiger partial charge in [-0.25, -0.2) is 4.79 Å². The number of carbonyl (C=O) groups excluding carboxylic acids is 2. The van der Waals surface area contributed by atoms with Gasteiger partial charge in [-0.1, -0.05) is 51.4 Å². The van der Waals surface area contributed by atoms with Gasteiger partial charge in [0.05, 0.1) is 11.1 Å². The van der Waals surface area contributed by atoms with Crippen LogP contribution in [0.5, 0.6) is 0 Å². The second-order valence-corrected chi connectivity index (χ2v) is 10.9. The van der Waals surface area contributed by atoms with Gasteiger partial charge in [0.2, 0.25) is 5.91 Å². The van der Waals surface area contributed by atoms with Crippen LogP contribution >= 0.6 is 11.6 Å². The first-order valence-electron chi connectivity index (χ1n) is 11.9. The van der Waals surface area contributed by atoms with E-state index in [-0.39, 0.29) is 23.2 Å². The summed E-state index contributed by atoms with van der Waals surface area (Å²) in [5, 5.41) is 12.4. The third kappa shape index (κ3) is 6.63. The van der Waals surface area contributed by atoms with Crippen LogP contribution in [0, 0.1) is 11.3 Å². The van der Waals surface area contributed by atoms with Gasteiger partial charge in [-0.05, 0) is 59.6 Å². The van der Waals surface area contributed by atoms with Crippen LogP contribution in [-0.2, 0) is 11.0 Å². The number of benzene rings is 2. The molecule has 2 aromatic carbocycles. The first-order valence-corrected chi connectivity index (χ1v) is 12.3. The van der Waals surface area contributed by atoms with Crippen LogP contribution in [0.4, 0.5) is 13.2 Å². The summed E-state index contributed by atoms with van der Waals surface area (Å²) in [6, 6.07) is 8.54. The summed E-state index contributed by atoms with van der Waals surface area (Å²) >= 11 is 6.02. The van der Waals surface area contributed by atoms with Crippen LogP contribution < -0.4 is 5.32 Å². The molecule has 1 fully saturated rings. The Kier molecular flexibility index (Phi) is 8.27. The zero-order valence-corrected chi connectivity index (χ0v) is 21.8. The number of carboxylic acid groups (broad SMARTS) is 1. The van der Waals surface area contributed by atoms with E-state index in [1.165, 1.54) is 0 Å². The molecule has 37 heavy (non-hydrogen) atoms. The quantitative estimate of drug-likeness (QED) is 0.483. The van der Waals surface area contributed by atoms with Crippen molar-refractivity contribution < 1.29 is 32.7 Å². The Morgan fingerprint density at radius 2 is 1.68 bits per heavy atom. The van der Waals surface area contributed by atoms with Gasteiger partial charge in [-0.2, -0.15) is 13.2 Å². The number of halogens is 4. The number of carboxylic acids is 1. The number of piperidine rings is 1. The highest BCUT2D eigenvalue weighted by Gasteiger charge is 2.41. The average molecular weight is 539 g/mol. The predicted octanol–water partition coefficient (Wildman–Crippen LogP) is 5.85. The largest absolute Gasteiger partial charge is 0.478 e. The summed E-state index contributed by atoms with van der Waals surface area (Å²) < 4.78 is 39.9. The van der Waals surface area contributed by atoms with Gasteiger partial charge >= 0.3 is 12.1 Å². The van der Waals surface area contributed by atoms with Crippen molar-refractivity contribution in [2.75, 3.05) is 13.1 Å². The van der Waals surface area contributed by atoms with Gasteiger partial charge in [-0.15, -0.1) is 0 Å². The van der Waals surface area contributed by atoms with Crippen molar-refractivity contribution in [1.29, 1.82) is 0 Å². The lowest BCUT2D eigenvalue weighted by Crippen LogP contribution is -2.55. The van der Waals surface area contributed by atoms with Crippen LogP contribution in [-0.4, -0.2) is 46.9 Å². The van der Waals surface area contributed by atoms with Gasteiger partial charge in [-0.3, -0.25) is 9.59 Å². The number of aromatic carboxylic acids is 1. The summed E-state index contributed by atoms with van der Waals surface area (Å²) in [5.41, 5.74) is -1.57. The van der Waals surface area contributed by atoms with Crippen LogP contribution in [0.3, 0.4) is 0 Å². The molecule has 1 unspecified atom stereocenters. The van der Waals surface area contributed by atoms with Crippen molar-refractivity contribution >= 4 is 29.4 Å². The van der Waals surface area contributed by atoms with E-state index in [1.54, 1.807) is 18.7 Å². The van der Waals surface area contributed by atoms with E-state index in [9.17, 15) is 32.7 Å². The molecule has 1 aliphatic heterocycles. The van der Waals surface area contributed by atoms with Crippen molar-refractivity contribution in [1.82, 2.24) is 10.2 Å². The third-order valence-electron chi connectivity index (χ3n) is 6.80. The van der Waals surface area contributed by atoms with Crippen molar-refractivity contribution in [2.24, 2.45) is 11.3 Å². The molecule has 1 saturated heterocycles. The average Bonchev–Trinajstić information content (AvgIpc) is 2.81. The molecular weight excluding hydrogens is 509 g/mol. The first-order chi connectivity index (χ1) is 17.1. The Hall–Kier alpha value is -3.07. The normalized spacial score (nSPS) is 18.4. The first kappa shape index (κ1) is 28.5. The fourth-order valence-electron chi connectivity index (χ4n) is 4.84. The molecule has 0 saturated carbocycles. The van der Waals surface area contributed by atoms with Crippen molar-refractivity contribution in [3.05, 3.63) is 69.7 Å². The fraction of sp³-hybridized carbons (Fsp3) is 0.444. The molecule has 2 aromatic rings. The highest BCUT2D eigenvalue weighted by molar-refractivity contribution is 6.30. The lowest BCUT2D eigenvalue weighted by atomic mass is 9.70. The fourth-order valence-corrected chi connectivity index (χ4v) is 4.96. The molecule has 1 heterocycles. The number of nitrogens with zero attached hydrogens (tertiary/aromatic N) is 1. The molecule has 0 aliphatic carbocycles. The van der Waals surface area contributed by atoms with E-state index in [0.29, 0.717) is 36.7 Å². The maximum Gasteiger partial charge on any atom is 0.416 e. The summed E-state index contributed by atoms with van der Waals surface area (Å²) in [4.78, 5) is 39.5. The standard InChI is InChI=1S/C27H30ClF3N2O4/c1-15(2)22(32-23(34)17-11-18(25(36)37)13-19(12-17)27(29,30)31)24(35)33-10-9-21(26(3,4)14-33)16-5-7-20(28)8-6-16/h5-8,11-13,15,21-22H,9-10,14H2,1-4H3,(H,32,34)(H,36,37)/t21?,22-/m1/s1. The van der Waals surface area contributed by atoms with Crippen LogP contribution in [0.1, 0.15) is 71.9 Å². The number of rotatable bonds is 6. The van der Waals surface area contributed by atoms with Crippen LogP contribution in [0.15, 0.2) is 42.5 Å². The topological polar surface area (TPSA) is 86.7 Å². The van der Waals surface area contributed by atoms with Gasteiger partial charge in [0.25, 0.3) is 5.91 Å². The van der Waals surface area contributed by atoms with Crippen LogP contribution in [0.25, 0.3) is 0 Å². The Morgan fingerprint density at radius 3 is 2.19 bits per heavy atom. The van der Waals surface area contributed by atoms with E-state index in [4.69, 9.17) is 11.6 Å². The molecule has 1 aliphatic rings. The SMILES string of the molecule is CC(C)[C@@H](NC(=O)c1cc(C(=O)O)cc(C(F)(F)F)c1)C(=O)N1CCC(c2ccc(Cl)cc2)C(C)(C)C1. The highest BCUT2D eigenvalue weighted by Crippen LogP contribution is 2.42. The second kappa shape index (κ2) is 10.7. The number of amides is 2. The number of hydrogen-bond donors (Lipinski definition) is 2. The summed E-state index contributed by atoms with van der Waals surface area (Å²) in [6.07, 6.45) is -4.15. The zero-order chi connectivity index (χ0) is 27.7. The molecule has 3 rings (SSSR count). The van der Waals surface area contributed by atoms with E-state index in [0.717, 1.165) is 11.6 Å². The lowest BCUT2D eigenvalue weighted by Gasteiger charge is -2.45. The third-order valence-corrected chi connectivity index (χ3v) is 7.05. The maximum absolute atomic E-state index is 13.5. The molecule has 6 nitrogen and oxygen atoms in total. The number of alkyl halides is 3. The van der Waals surface area contributed by atoms with Gasteiger partial charge in [0, 0.05) is 23.7 Å². The summed E-state index contributed by atoms with van der Waals surface area (Å²) in [7, 11) is 0. The zero-order valence-electron chi connectivity index (χ0n) is 21.0. The van der Waals surface area contributed by atoms with Crippen LogP contribution in [0.2, 0.25) is 5.02 Å². The molecular formula is C27H30ClF3N2O4. The molecule has 0 bridgehead atoms. The highest BCUT2D eigenvalue weighted by atomic mass is 35.5. The number of likely N-dealkylation sites (tertiary alicyclic amines) is 1.